The van der Waals surface area contributed by atoms with E-state index in [1.54, 1.807) is 0 Å². The molecule has 1 aliphatic heterocycles. The number of ether oxygens (including phenoxy) is 2. The van der Waals surface area contributed by atoms with Crippen LogP contribution in [0.2, 0.25) is 0 Å². The van der Waals surface area contributed by atoms with Crippen LogP contribution in [0.5, 0.6) is 0 Å². The van der Waals surface area contributed by atoms with Crippen molar-refractivity contribution in [3.63, 3.8) is 0 Å². The third kappa shape index (κ3) is 1.33. The molecule has 0 aliphatic carbocycles. The van der Waals surface area contributed by atoms with Crippen molar-refractivity contribution in [1.29, 1.82) is 0 Å². The Morgan fingerprint density at radius 1 is 1.69 bits per heavy atom. The van der Waals surface area contributed by atoms with Gasteiger partial charge in [-0.3, -0.25) is 0 Å². The lowest BCUT2D eigenvalue weighted by molar-refractivity contribution is 0.0691. The molecule has 6 heteroatoms. The van der Waals surface area contributed by atoms with Crippen molar-refractivity contribution in [2.24, 2.45) is 0 Å². The van der Waals surface area contributed by atoms with E-state index in [0.717, 1.165) is 0 Å². The summed E-state index contributed by atoms with van der Waals surface area (Å²) in [7, 11) is 0. The third-order valence-corrected chi connectivity index (χ3v) is 1.51. The van der Waals surface area contributed by atoms with Gasteiger partial charge >= 0.3 is 5.97 Å². The molecule has 0 atom stereocenters. The van der Waals surface area contributed by atoms with E-state index in [0.29, 0.717) is 11.6 Å². The Balaban J connectivity index is 2.27. The first-order valence-corrected chi connectivity index (χ1v) is 3.50. The van der Waals surface area contributed by atoms with E-state index in [4.69, 9.17) is 14.6 Å². The van der Waals surface area contributed by atoms with Crippen LogP contribution < -0.4 is 0 Å². The molecule has 6 nitrogen and oxygen atoms in total. The topological polar surface area (TPSA) is 84.4 Å². The first-order chi connectivity index (χ1) is 6.27. The largest absolute Gasteiger partial charge is 0.477 e. The van der Waals surface area contributed by atoms with Crippen molar-refractivity contribution in [1.82, 2.24) is 9.97 Å². The van der Waals surface area contributed by atoms with Gasteiger partial charge in [0.1, 0.15) is 12.0 Å². The molecule has 1 aromatic heterocycles. The Morgan fingerprint density at radius 2 is 2.54 bits per heavy atom. The van der Waals surface area contributed by atoms with Crippen LogP contribution in [0.15, 0.2) is 12.5 Å². The fraction of sp³-hybridized carbons (Fsp3) is 0.143. The summed E-state index contributed by atoms with van der Waals surface area (Å²) in [4.78, 5) is 16.8. The van der Waals surface area contributed by atoms with E-state index in [1.807, 2.05) is 0 Å². The maximum Gasteiger partial charge on any atom is 0.353 e. The summed E-state index contributed by atoms with van der Waals surface area (Å²) in [6.07, 6.45) is 2.60. The van der Waals surface area contributed by atoms with Crippen LogP contribution in [0.4, 0.5) is 0 Å². The first-order valence-electron chi connectivity index (χ1n) is 3.50. The van der Waals surface area contributed by atoms with Gasteiger partial charge in [0, 0.05) is 0 Å². The number of aromatic amines is 1. The average molecular weight is 182 g/mol. The van der Waals surface area contributed by atoms with E-state index in [1.165, 1.54) is 12.5 Å². The number of H-pyrrole nitrogens is 1. The molecular weight excluding hydrogens is 176 g/mol. The predicted octanol–water partition coefficient (Wildman–Crippen LogP) is 0.411. The van der Waals surface area contributed by atoms with Crippen molar-refractivity contribution in [2.45, 2.75) is 0 Å². The number of hydrogen-bond donors (Lipinski definition) is 2. The van der Waals surface area contributed by atoms with Crippen LogP contribution in [0.3, 0.4) is 0 Å². The van der Waals surface area contributed by atoms with Gasteiger partial charge in [-0.15, -0.1) is 0 Å². The van der Waals surface area contributed by atoms with Crippen LogP contribution >= 0.6 is 0 Å². The van der Waals surface area contributed by atoms with Gasteiger partial charge in [0.2, 0.25) is 12.6 Å². The van der Waals surface area contributed by atoms with E-state index >= 15 is 0 Å². The number of imidazole rings is 1. The molecule has 0 radical (unpaired) electrons. The summed E-state index contributed by atoms with van der Waals surface area (Å²) < 4.78 is 9.77. The molecule has 0 bridgehead atoms. The van der Waals surface area contributed by atoms with Crippen molar-refractivity contribution in [2.75, 3.05) is 6.79 Å². The minimum absolute atomic E-state index is 0.0198. The van der Waals surface area contributed by atoms with Crippen molar-refractivity contribution >= 4 is 11.7 Å². The third-order valence-electron chi connectivity index (χ3n) is 1.51. The van der Waals surface area contributed by atoms with Gasteiger partial charge in [-0.25, -0.2) is 9.78 Å². The average Bonchev–Trinajstić information content (AvgIpc) is 2.75. The first kappa shape index (κ1) is 7.66. The Labute approximate surface area is 72.8 Å². The second-order valence-corrected chi connectivity index (χ2v) is 2.36. The lowest BCUT2D eigenvalue weighted by atomic mass is 10.5. The highest BCUT2D eigenvalue weighted by Crippen LogP contribution is 2.16. The second kappa shape index (κ2) is 2.81. The number of aromatic nitrogens is 2. The van der Waals surface area contributed by atoms with E-state index in [9.17, 15) is 4.79 Å². The van der Waals surface area contributed by atoms with E-state index < -0.39 is 5.97 Å². The summed E-state index contributed by atoms with van der Waals surface area (Å²) in [6.45, 7) is 0.137. The summed E-state index contributed by atoms with van der Waals surface area (Å²) in [6, 6.07) is 0. The number of carboxylic acids is 1. The second-order valence-electron chi connectivity index (χ2n) is 2.36. The fourth-order valence-corrected chi connectivity index (χ4v) is 0.921. The summed E-state index contributed by atoms with van der Waals surface area (Å²) in [5, 5.41) is 8.58. The van der Waals surface area contributed by atoms with E-state index in [2.05, 4.69) is 9.97 Å². The Morgan fingerprint density at radius 3 is 3.08 bits per heavy atom. The molecule has 2 heterocycles. The molecular formula is C7H6N2O4. The molecule has 1 aliphatic rings. The summed E-state index contributed by atoms with van der Waals surface area (Å²) in [5.41, 5.74) is 0.0198. The molecule has 0 unspecified atom stereocenters. The number of nitrogens with zero attached hydrogens (tertiary/aromatic N) is 1. The molecule has 68 valence electrons. The fourth-order valence-electron chi connectivity index (χ4n) is 0.921. The lowest BCUT2D eigenvalue weighted by Crippen LogP contribution is -1.96. The van der Waals surface area contributed by atoms with Crippen LogP contribution in [0, 0.1) is 0 Å². The number of nitrogens with one attached hydrogen (secondary N) is 1. The molecule has 2 rings (SSSR count). The van der Waals surface area contributed by atoms with Crippen molar-refractivity contribution < 1.29 is 19.4 Å². The minimum Gasteiger partial charge on any atom is -0.477 e. The zero-order valence-electron chi connectivity index (χ0n) is 6.48. The minimum atomic E-state index is -1.06. The zero-order chi connectivity index (χ0) is 9.26. The maximum atomic E-state index is 10.5. The smallest absolute Gasteiger partial charge is 0.353 e. The van der Waals surface area contributed by atoms with Crippen LogP contribution in [-0.4, -0.2) is 27.8 Å². The van der Waals surface area contributed by atoms with Crippen molar-refractivity contribution in [3.8, 4) is 0 Å². The molecule has 13 heavy (non-hydrogen) atoms. The van der Waals surface area contributed by atoms with Crippen LogP contribution in [-0.2, 0) is 9.47 Å². The molecule has 0 saturated carbocycles. The number of hydrogen-bond acceptors (Lipinski definition) is 4. The maximum absolute atomic E-state index is 10.5. The van der Waals surface area contributed by atoms with Gasteiger partial charge < -0.3 is 19.6 Å². The highest BCUT2D eigenvalue weighted by molar-refractivity contribution is 5.85. The Kier molecular flexibility index (Phi) is 1.66. The predicted molar refractivity (Wildman–Crippen MR) is 40.6 cm³/mol. The van der Waals surface area contributed by atoms with Gasteiger partial charge in [-0.1, -0.05) is 0 Å². The number of carbonyl (C=O) groups is 1. The quantitative estimate of drug-likeness (QED) is 0.691. The number of carboxylic acid groups (broad SMARTS) is 1. The molecule has 0 fully saturated rings. The molecule has 0 amide bonds. The Hall–Kier alpha value is -1.98. The number of aromatic carboxylic acids is 1. The summed E-state index contributed by atoms with van der Waals surface area (Å²) >= 11 is 0. The molecule has 2 N–H and O–H groups in total. The van der Waals surface area contributed by atoms with E-state index in [-0.39, 0.29) is 12.5 Å². The standard InChI is InChI=1S/C7H6N2O4/c10-7(11)4-1-8-6(9-4)5-2-12-3-13-5/h1-2H,3H2,(H,8,9)(H,10,11). The summed E-state index contributed by atoms with van der Waals surface area (Å²) in [5.74, 6) is -0.291. The highest BCUT2D eigenvalue weighted by atomic mass is 16.7. The molecule has 1 aromatic rings. The molecule has 0 saturated heterocycles. The van der Waals surface area contributed by atoms with Gasteiger partial charge in [-0.05, 0) is 0 Å². The molecule has 0 spiro atoms. The van der Waals surface area contributed by atoms with Crippen molar-refractivity contribution in [3.05, 3.63) is 24.0 Å². The normalized spacial score (nSPS) is 14.6. The van der Waals surface area contributed by atoms with Gasteiger partial charge in [0.15, 0.2) is 5.82 Å². The van der Waals surface area contributed by atoms with Crippen LogP contribution in [0.25, 0.3) is 5.76 Å². The van der Waals surface area contributed by atoms with Gasteiger partial charge in [-0.2, -0.15) is 0 Å². The monoisotopic (exact) mass is 182 g/mol. The number of rotatable bonds is 2. The lowest BCUT2D eigenvalue weighted by Gasteiger charge is -1.94. The SMILES string of the molecule is O=C(O)c1cnc(C2=COCO2)[nH]1. The highest BCUT2D eigenvalue weighted by Gasteiger charge is 2.15. The zero-order valence-corrected chi connectivity index (χ0v) is 6.48. The van der Waals surface area contributed by atoms with Gasteiger partial charge in [0.05, 0.1) is 6.20 Å². The van der Waals surface area contributed by atoms with Crippen LogP contribution in [0.1, 0.15) is 16.3 Å². The molecule has 0 aromatic carbocycles. The van der Waals surface area contributed by atoms with Gasteiger partial charge in [0.25, 0.3) is 0 Å². The Bertz CT molecular complexity index is 368.